The Morgan fingerprint density at radius 3 is 2.47 bits per heavy atom. The number of rotatable bonds is 3. The van der Waals surface area contributed by atoms with Crippen molar-refractivity contribution in [2.75, 3.05) is 26.2 Å². The van der Waals surface area contributed by atoms with Gasteiger partial charge in [-0.15, -0.1) is 0 Å². The SMILES string of the molecule is CC(=O)N1CCN([C@H](C)Cc2ccccc2F)CC1. The molecule has 104 valence electrons. The van der Waals surface area contributed by atoms with Gasteiger partial charge in [0.25, 0.3) is 0 Å². The van der Waals surface area contributed by atoms with Gasteiger partial charge in [0.05, 0.1) is 0 Å². The van der Waals surface area contributed by atoms with Gasteiger partial charge in [0, 0.05) is 39.1 Å². The number of amides is 1. The van der Waals surface area contributed by atoms with Crippen LogP contribution >= 0.6 is 0 Å². The van der Waals surface area contributed by atoms with Crippen LogP contribution in [0, 0.1) is 5.82 Å². The Hall–Kier alpha value is -1.42. The lowest BCUT2D eigenvalue weighted by molar-refractivity contribution is -0.130. The van der Waals surface area contributed by atoms with Gasteiger partial charge in [-0.2, -0.15) is 0 Å². The van der Waals surface area contributed by atoms with Crippen LogP contribution in [-0.4, -0.2) is 47.9 Å². The van der Waals surface area contributed by atoms with Crippen molar-refractivity contribution >= 4 is 5.91 Å². The summed E-state index contributed by atoms with van der Waals surface area (Å²) < 4.78 is 13.6. The first-order valence-corrected chi connectivity index (χ1v) is 6.81. The zero-order chi connectivity index (χ0) is 13.8. The number of nitrogens with zero attached hydrogens (tertiary/aromatic N) is 2. The van der Waals surface area contributed by atoms with E-state index in [1.807, 2.05) is 17.0 Å². The number of benzene rings is 1. The summed E-state index contributed by atoms with van der Waals surface area (Å²) in [6, 6.07) is 7.24. The van der Waals surface area contributed by atoms with E-state index in [-0.39, 0.29) is 11.7 Å². The van der Waals surface area contributed by atoms with Crippen LogP contribution in [-0.2, 0) is 11.2 Å². The van der Waals surface area contributed by atoms with Gasteiger partial charge in [-0.25, -0.2) is 4.39 Å². The molecule has 1 aromatic rings. The molecule has 0 unspecified atom stereocenters. The van der Waals surface area contributed by atoms with Gasteiger partial charge >= 0.3 is 0 Å². The van der Waals surface area contributed by atoms with Crippen molar-refractivity contribution in [1.82, 2.24) is 9.80 Å². The summed E-state index contributed by atoms with van der Waals surface area (Å²) in [6.07, 6.45) is 0.715. The molecule has 4 heteroatoms. The van der Waals surface area contributed by atoms with Gasteiger partial charge in [0.1, 0.15) is 5.82 Å². The molecule has 1 fully saturated rings. The smallest absolute Gasteiger partial charge is 0.219 e. The van der Waals surface area contributed by atoms with Crippen LogP contribution < -0.4 is 0 Å². The van der Waals surface area contributed by atoms with E-state index in [1.54, 1.807) is 13.0 Å². The highest BCUT2D eigenvalue weighted by molar-refractivity contribution is 5.73. The summed E-state index contributed by atoms with van der Waals surface area (Å²) in [5.74, 6) is 0.0122. The van der Waals surface area contributed by atoms with Gasteiger partial charge in [0.15, 0.2) is 0 Å². The number of piperazine rings is 1. The standard InChI is InChI=1S/C15H21FN2O/c1-12(11-14-5-3-4-6-15(14)16)17-7-9-18(10-8-17)13(2)19/h3-6,12H,7-11H2,1-2H3/t12-/m1/s1. The average molecular weight is 264 g/mol. The molecule has 19 heavy (non-hydrogen) atoms. The number of carbonyl (C=O) groups excluding carboxylic acids is 1. The monoisotopic (exact) mass is 264 g/mol. The normalized spacial score (nSPS) is 18.4. The second-order valence-electron chi connectivity index (χ2n) is 5.19. The van der Waals surface area contributed by atoms with E-state index in [2.05, 4.69) is 11.8 Å². The zero-order valence-electron chi connectivity index (χ0n) is 11.6. The van der Waals surface area contributed by atoms with E-state index in [0.717, 1.165) is 31.7 Å². The van der Waals surface area contributed by atoms with Gasteiger partial charge in [0.2, 0.25) is 5.91 Å². The zero-order valence-corrected chi connectivity index (χ0v) is 11.6. The van der Waals surface area contributed by atoms with Gasteiger partial charge in [-0.05, 0) is 25.0 Å². The summed E-state index contributed by atoms with van der Waals surface area (Å²) >= 11 is 0. The van der Waals surface area contributed by atoms with Crippen molar-refractivity contribution in [3.05, 3.63) is 35.6 Å². The predicted octanol–water partition coefficient (Wildman–Crippen LogP) is 1.92. The van der Waals surface area contributed by atoms with Gasteiger partial charge in [-0.1, -0.05) is 18.2 Å². The third-order valence-corrected chi connectivity index (χ3v) is 3.86. The maximum atomic E-state index is 13.6. The first-order valence-electron chi connectivity index (χ1n) is 6.81. The molecule has 0 N–H and O–H groups in total. The van der Waals surface area contributed by atoms with Crippen LogP contribution in [0.3, 0.4) is 0 Å². The van der Waals surface area contributed by atoms with Crippen molar-refractivity contribution in [2.45, 2.75) is 26.3 Å². The fraction of sp³-hybridized carbons (Fsp3) is 0.533. The third-order valence-electron chi connectivity index (χ3n) is 3.86. The molecule has 1 aliphatic rings. The van der Waals surface area contributed by atoms with Crippen molar-refractivity contribution < 1.29 is 9.18 Å². The van der Waals surface area contributed by atoms with Crippen molar-refractivity contribution in [2.24, 2.45) is 0 Å². The maximum Gasteiger partial charge on any atom is 0.219 e. The molecule has 1 atom stereocenters. The number of carbonyl (C=O) groups is 1. The van der Waals surface area contributed by atoms with Crippen LogP contribution in [0.4, 0.5) is 4.39 Å². The number of hydrogen-bond donors (Lipinski definition) is 0. The number of halogens is 1. The molecule has 0 saturated carbocycles. The van der Waals surface area contributed by atoms with Crippen molar-refractivity contribution in [3.63, 3.8) is 0 Å². The molecule has 1 aliphatic heterocycles. The fourth-order valence-electron chi connectivity index (χ4n) is 2.59. The largest absolute Gasteiger partial charge is 0.340 e. The Labute approximate surface area is 114 Å². The fourth-order valence-corrected chi connectivity index (χ4v) is 2.59. The van der Waals surface area contributed by atoms with Crippen LogP contribution in [0.5, 0.6) is 0 Å². The first-order chi connectivity index (χ1) is 9.08. The predicted molar refractivity (Wildman–Crippen MR) is 73.4 cm³/mol. The minimum Gasteiger partial charge on any atom is -0.340 e. The summed E-state index contributed by atoms with van der Waals surface area (Å²) in [7, 11) is 0. The molecule has 1 saturated heterocycles. The molecule has 0 spiro atoms. The number of hydrogen-bond acceptors (Lipinski definition) is 2. The van der Waals surface area contributed by atoms with Crippen molar-refractivity contribution in [3.8, 4) is 0 Å². The van der Waals surface area contributed by atoms with Crippen LogP contribution in [0.15, 0.2) is 24.3 Å². The molecule has 0 radical (unpaired) electrons. The lowest BCUT2D eigenvalue weighted by Crippen LogP contribution is -2.51. The van der Waals surface area contributed by atoms with Crippen LogP contribution in [0.2, 0.25) is 0 Å². The molecule has 1 heterocycles. The molecule has 2 rings (SSSR count). The first kappa shape index (κ1) is 14.0. The van der Waals surface area contributed by atoms with E-state index in [1.165, 1.54) is 6.07 Å². The summed E-state index contributed by atoms with van der Waals surface area (Å²) in [4.78, 5) is 15.5. The Balaban J connectivity index is 1.90. The van der Waals surface area contributed by atoms with E-state index < -0.39 is 0 Å². The lowest BCUT2D eigenvalue weighted by Gasteiger charge is -2.37. The van der Waals surface area contributed by atoms with Crippen molar-refractivity contribution in [1.29, 1.82) is 0 Å². The highest BCUT2D eigenvalue weighted by Crippen LogP contribution is 2.14. The van der Waals surface area contributed by atoms with Gasteiger partial charge in [-0.3, -0.25) is 9.69 Å². The second kappa shape index (κ2) is 6.15. The topological polar surface area (TPSA) is 23.6 Å². The Morgan fingerprint density at radius 2 is 1.89 bits per heavy atom. The molecule has 3 nitrogen and oxygen atoms in total. The quantitative estimate of drug-likeness (QED) is 0.832. The average Bonchev–Trinajstić information content (AvgIpc) is 2.41. The Morgan fingerprint density at radius 1 is 1.26 bits per heavy atom. The van der Waals surface area contributed by atoms with Crippen LogP contribution in [0.1, 0.15) is 19.4 Å². The summed E-state index contributed by atoms with van der Waals surface area (Å²) in [5, 5.41) is 0. The molecule has 1 amide bonds. The highest BCUT2D eigenvalue weighted by atomic mass is 19.1. The van der Waals surface area contributed by atoms with E-state index in [4.69, 9.17) is 0 Å². The molecule has 0 aliphatic carbocycles. The molecule has 0 bridgehead atoms. The minimum absolute atomic E-state index is 0.128. The van der Waals surface area contributed by atoms with E-state index >= 15 is 0 Å². The summed E-state index contributed by atoms with van der Waals surface area (Å²) in [6.45, 7) is 7.02. The minimum atomic E-state index is -0.128. The summed E-state index contributed by atoms with van der Waals surface area (Å²) in [5.41, 5.74) is 0.768. The Bertz CT molecular complexity index is 442. The molecular weight excluding hydrogens is 243 g/mol. The molecule has 0 aromatic heterocycles. The maximum absolute atomic E-state index is 13.6. The lowest BCUT2D eigenvalue weighted by atomic mass is 10.0. The van der Waals surface area contributed by atoms with Gasteiger partial charge < -0.3 is 4.90 Å². The molecular formula is C15H21FN2O. The molecule has 1 aromatic carbocycles. The van der Waals surface area contributed by atoms with Crippen LogP contribution in [0.25, 0.3) is 0 Å². The Kier molecular flexibility index (Phi) is 4.53. The third kappa shape index (κ3) is 3.53. The van der Waals surface area contributed by atoms with E-state index in [0.29, 0.717) is 12.5 Å². The second-order valence-corrected chi connectivity index (χ2v) is 5.19. The van der Waals surface area contributed by atoms with E-state index in [9.17, 15) is 9.18 Å². The highest BCUT2D eigenvalue weighted by Gasteiger charge is 2.22.